The average molecular weight is 266 g/mol. The molecule has 0 saturated carbocycles. The Kier molecular flexibility index (Phi) is 3.89. The van der Waals surface area contributed by atoms with Crippen molar-refractivity contribution in [1.29, 1.82) is 0 Å². The maximum absolute atomic E-state index is 6.18. The van der Waals surface area contributed by atoms with Gasteiger partial charge in [-0.25, -0.2) is 4.98 Å². The van der Waals surface area contributed by atoms with E-state index in [1.807, 2.05) is 25.1 Å². The van der Waals surface area contributed by atoms with Crippen molar-refractivity contribution in [1.82, 2.24) is 9.97 Å². The van der Waals surface area contributed by atoms with Crippen LogP contribution in [0, 0.1) is 6.92 Å². The van der Waals surface area contributed by atoms with Gasteiger partial charge in [0.15, 0.2) is 0 Å². The molecule has 0 unspecified atom stereocenters. The second kappa shape index (κ2) is 5.42. The zero-order valence-corrected chi connectivity index (χ0v) is 11.2. The number of aryl methyl sites for hydroxylation is 1. The second-order valence-electron chi connectivity index (χ2n) is 4.09. The first-order valence-electron chi connectivity index (χ1n) is 5.75. The van der Waals surface area contributed by atoms with Crippen molar-refractivity contribution >= 4 is 11.6 Å². The molecule has 5 heteroatoms. The molecule has 0 bridgehead atoms. The van der Waals surface area contributed by atoms with E-state index in [4.69, 9.17) is 22.1 Å². The third-order valence-corrected chi connectivity index (χ3v) is 2.97. The lowest BCUT2D eigenvalue weighted by atomic mass is 10.1. The molecule has 0 amide bonds. The SMILES string of the molecule is COc1ccc(C)cc1-c1nc(CCN)[nH]c1Cl. The lowest BCUT2D eigenvalue weighted by molar-refractivity contribution is 0.416. The summed E-state index contributed by atoms with van der Waals surface area (Å²) in [5.41, 5.74) is 8.24. The number of aromatic amines is 1. The molecule has 1 heterocycles. The normalized spacial score (nSPS) is 10.7. The van der Waals surface area contributed by atoms with E-state index in [9.17, 15) is 0 Å². The Morgan fingerprint density at radius 1 is 1.44 bits per heavy atom. The highest BCUT2D eigenvalue weighted by atomic mass is 35.5. The van der Waals surface area contributed by atoms with Crippen LogP contribution in [0.15, 0.2) is 18.2 Å². The van der Waals surface area contributed by atoms with E-state index in [1.165, 1.54) is 0 Å². The van der Waals surface area contributed by atoms with Gasteiger partial charge >= 0.3 is 0 Å². The molecule has 18 heavy (non-hydrogen) atoms. The van der Waals surface area contributed by atoms with Crippen LogP contribution in [0.25, 0.3) is 11.3 Å². The number of hydrogen-bond donors (Lipinski definition) is 2. The van der Waals surface area contributed by atoms with Gasteiger partial charge in [-0.15, -0.1) is 0 Å². The number of methoxy groups -OCH3 is 1. The molecule has 0 saturated heterocycles. The minimum atomic E-state index is 0.516. The summed E-state index contributed by atoms with van der Waals surface area (Å²) in [6.45, 7) is 2.55. The molecule has 0 aliphatic carbocycles. The third-order valence-electron chi connectivity index (χ3n) is 2.70. The van der Waals surface area contributed by atoms with Gasteiger partial charge in [0.25, 0.3) is 0 Å². The Morgan fingerprint density at radius 2 is 2.22 bits per heavy atom. The molecule has 2 rings (SSSR count). The number of nitrogens with two attached hydrogens (primary N) is 1. The summed E-state index contributed by atoms with van der Waals surface area (Å²) in [5.74, 6) is 1.55. The van der Waals surface area contributed by atoms with Crippen molar-refractivity contribution in [3.8, 4) is 17.0 Å². The first-order chi connectivity index (χ1) is 8.65. The van der Waals surface area contributed by atoms with Gasteiger partial charge in [-0.1, -0.05) is 23.2 Å². The smallest absolute Gasteiger partial charge is 0.134 e. The number of nitrogens with zero attached hydrogens (tertiary/aromatic N) is 1. The highest BCUT2D eigenvalue weighted by Gasteiger charge is 2.14. The van der Waals surface area contributed by atoms with Crippen molar-refractivity contribution in [2.45, 2.75) is 13.3 Å². The van der Waals surface area contributed by atoms with Crippen molar-refractivity contribution in [3.05, 3.63) is 34.7 Å². The summed E-state index contributed by atoms with van der Waals surface area (Å²) in [6.07, 6.45) is 0.674. The van der Waals surface area contributed by atoms with Gasteiger partial charge in [-0.2, -0.15) is 0 Å². The molecule has 0 spiro atoms. The summed E-state index contributed by atoms with van der Waals surface area (Å²) < 4.78 is 5.34. The predicted octanol–water partition coefficient (Wildman–Crippen LogP) is 2.55. The lowest BCUT2D eigenvalue weighted by Gasteiger charge is -2.07. The van der Waals surface area contributed by atoms with Crippen molar-refractivity contribution in [2.24, 2.45) is 5.73 Å². The Morgan fingerprint density at radius 3 is 2.89 bits per heavy atom. The van der Waals surface area contributed by atoms with Crippen LogP contribution in [0.2, 0.25) is 5.15 Å². The summed E-state index contributed by atoms with van der Waals surface area (Å²) in [4.78, 5) is 7.51. The Bertz CT molecular complexity index is 551. The van der Waals surface area contributed by atoms with Crippen LogP contribution in [-0.4, -0.2) is 23.6 Å². The fourth-order valence-corrected chi connectivity index (χ4v) is 2.09. The number of rotatable bonds is 4. The molecule has 3 N–H and O–H groups in total. The summed E-state index contributed by atoms with van der Waals surface area (Å²) in [6, 6.07) is 5.91. The van der Waals surface area contributed by atoms with Crippen LogP contribution in [-0.2, 0) is 6.42 Å². The number of H-pyrrole nitrogens is 1. The topological polar surface area (TPSA) is 63.9 Å². The zero-order chi connectivity index (χ0) is 13.1. The summed E-state index contributed by atoms with van der Waals surface area (Å²) in [7, 11) is 1.63. The number of nitrogens with one attached hydrogen (secondary N) is 1. The second-order valence-corrected chi connectivity index (χ2v) is 4.47. The number of hydrogen-bond acceptors (Lipinski definition) is 3. The molecule has 0 atom stereocenters. The third kappa shape index (κ3) is 2.49. The average Bonchev–Trinajstić information content (AvgIpc) is 2.70. The highest BCUT2D eigenvalue weighted by Crippen LogP contribution is 2.33. The molecular weight excluding hydrogens is 250 g/mol. The highest BCUT2D eigenvalue weighted by molar-refractivity contribution is 6.32. The van der Waals surface area contributed by atoms with Crippen LogP contribution in [0.4, 0.5) is 0 Å². The molecule has 0 fully saturated rings. The molecule has 1 aromatic carbocycles. The van der Waals surface area contributed by atoms with Crippen LogP contribution < -0.4 is 10.5 Å². The van der Waals surface area contributed by atoms with E-state index in [1.54, 1.807) is 7.11 Å². The summed E-state index contributed by atoms with van der Waals surface area (Å²) in [5, 5.41) is 0.516. The van der Waals surface area contributed by atoms with Gasteiger partial charge in [0.2, 0.25) is 0 Å². The van der Waals surface area contributed by atoms with Crippen LogP contribution in [0.3, 0.4) is 0 Å². The maximum Gasteiger partial charge on any atom is 0.134 e. The van der Waals surface area contributed by atoms with Crippen LogP contribution in [0.1, 0.15) is 11.4 Å². The molecule has 1 aromatic heterocycles. The van der Waals surface area contributed by atoms with Crippen LogP contribution >= 0.6 is 11.6 Å². The monoisotopic (exact) mass is 265 g/mol. The fraction of sp³-hybridized carbons (Fsp3) is 0.308. The molecular formula is C13H16ClN3O. The van der Waals surface area contributed by atoms with Gasteiger partial charge in [-0.3, -0.25) is 0 Å². The van der Waals surface area contributed by atoms with E-state index in [0.29, 0.717) is 23.8 Å². The fourth-order valence-electron chi connectivity index (χ4n) is 1.84. The van der Waals surface area contributed by atoms with Crippen molar-refractivity contribution in [2.75, 3.05) is 13.7 Å². The van der Waals surface area contributed by atoms with E-state index >= 15 is 0 Å². The zero-order valence-electron chi connectivity index (χ0n) is 10.5. The predicted molar refractivity (Wildman–Crippen MR) is 73.1 cm³/mol. The number of benzene rings is 1. The molecule has 96 valence electrons. The summed E-state index contributed by atoms with van der Waals surface area (Å²) >= 11 is 6.18. The standard InChI is InChI=1S/C13H16ClN3O/c1-8-3-4-10(18-2)9(7-8)12-13(14)17-11(16-12)5-6-15/h3-4,7H,5-6,15H2,1-2H3,(H,16,17). The van der Waals surface area contributed by atoms with E-state index in [0.717, 1.165) is 22.7 Å². The molecule has 0 aliphatic rings. The Labute approximate surface area is 111 Å². The van der Waals surface area contributed by atoms with E-state index in [2.05, 4.69) is 9.97 Å². The lowest BCUT2D eigenvalue weighted by Crippen LogP contribution is -2.03. The van der Waals surface area contributed by atoms with E-state index < -0.39 is 0 Å². The Balaban J connectivity index is 2.50. The molecule has 0 aliphatic heterocycles. The number of halogens is 1. The minimum absolute atomic E-state index is 0.516. The van der Waals surface area contributed by atoms with Crippen LogP contribution in [0.5, 0.6) is 5.75 Å². The van der Waals surface area contributed by atoms with Gasteiger partial charge in [0.1, 0.15) is 22.4 Å². The maximum atomic E-state index is 6.18. The van der Waals surface area contributed by atoms with Crippen molar-refractivity contribution in [3.63, 3.8) is 0 Å². The van der Waals surface area contributed by atoms with E-state index in [-0.39, 0.29) is 0 Å². The minimum Gasteiger partial charge on any atom is -0.496 e. The molecule has 4 nitrogen and oxygen atoms in total. The van der Waals surface area contributed by atoms with Crippen molar-refractivity contribution < 1.29 is 4.74 Å². The first-order valence-corrected chi connectivity index (χ1v) is 6.13. The quantitative estimate of drug-likeness (QED) is 0.893. The van der Waals surface area contributed by atoms with Gasteiger partial charge in [0, 0.05) is 12.0 Å². The molecule has 0 radical (unpaired) electrons. The van der Waals surface area contributed by atoms with Gasteiger partial charge in [0.05, 0.1) is 7.11 Å². The van der Waals surface area contributed by atoms with Gasteiger partial charge in [-0.05, 0) is 25.6 Å². The molecule has 2 aromatic rings. The Hall–Kier alpha value is -1.52. The number of aromatic nitrogens is 2. The largest absolute Gasteiger partial charge is 0.496 e. The first kappa shape index (κ1) is 12.9. The van der Waals surface area contributed by atoms with Gasteiger partial charge < -0.3 is 15.5 Å². The number of imidazole rings is 1. The number of ether oxygens (including phenoxy) is 1.